The SMILES string of the molecule is CCC(=O)C1(CN)COC1. The van der Waals surface area contributed by atoms with E-state index in [-0.39, 0.29) is 11.2 Å². The summed E-state index contributed by atoms with van der Waals surface area (Å²) in [6, 6.07) is 0. The number of hydrogen-bond acceptors (Lipinski definition) is 3. The number of ketones is 1. The molecular formula is C7H13NO2. The third-order valence-corrected chi connectivity index (χ3v) is 2.06. The molecule has 0 amide bonds. The van der Waals surface area contributed by atoms with Gasteiger partial charge >= 0.3 is 0 Å². The lowest BCUT2D eigenvalue weighted by atomic mass is 9.80. The number of Topliss-reactive ketones (excluding diaryl/α,β-unsaturated/α-hetero) is 1. The fourth-order valence-electron chi connectivity index (χ4n) is 1.12. The summed E-state index contributed by atoms with van der Waals surface area (Å²) in [5, 5.41) is 0. The molecule has 0 atom stereocenters. The fraction of sp³-hybridized carbons (Fsp3) is 0.857. The first-order chi connectivity index (χ1) is 4.75. The molecule has 1 heterocycles. The van der Waals surface area contributed by atoms with Crippen molar-refractivity contribution in [3.05, 3.63) is 0 Å². The van der Waals surface area contributed by atoms with Crippen molar-refractivity contribution in [2.75, 3.05) is 19.8 Å². The van der Waals surface area contributed by atoms with Crippen molar-refractivity contribution in [1.29, 1.82) is 0 Å². The smallest absolute Gasteiger partial charge is 0.144 e. The van der Waals surface area contributed by atoms with E-state index in [4.69, 9.17) is 10.5 Å². The maximum absolute atomic E-state index is 11.2. The molecule has 2 N–H and O–H groups in total. The highest BCUT2D eigenvalue weighted by Gasteiger charge is 2.42. The Hall–Kier alpha value is -0.410. The molecule has 1 saturated heterocycles. The average molecular weight is 143 g/mol. The molecule has 1 rings (SSSR count). The second kappa shape index (κ2) is 2.68. The second-order valence-corrected chi connectivity index (χ2v) is 2.75. The zero-order valence-corrected chi connectivity index (χ0v) is 6.22. The van der Waals surface area contributed by atoms with Crippen molar-refractivity contribution in [2.24, 2.45) is 11.1 Å². The third-order valence-electron chi connectivity index (χ3n) is 2.06. The van der Waals surface area contributed by atoms with Crippen molar-refractivity contribution >= 4 is 5.78 Å². The first-order valence-corrected chi connectivity index (χ1v) is 3.56. The van der Waals surface area contributed by atoms with Crippen LogP contribution in [0.4, 0.5) is 0 Å². The molecule has 0 aliphatic carbocycles. The van der Waals surface area contributed by atoms with E-state index in [1.165, 1.54) is 0 Å². The van der Waals surface area contributed by atoms with Gasteiger partial charge in [-0.2, -0.15) is 0 Å². The molecule has 0 saturated carbocycles. The Kier molecular flexibility index (Phi) is 2.06. The number of ether oxygens (including phenoxy) is 1. The summed E-state index contributed by atoms with van der Waals surface area (Å²) in [5.74, 6) is 0.237. The van der Waals surface area contributed by atoms with Gasteiger partial charge in [-0.3, -0.25) is 4.79 Å². The molecule has 0 radical (unpaired) electrons. The van der Waals surface area contributed by atoms with Crippen molar-refractivity contribution in [3.63, 3.8) is 0 Å². The minimum atomic E-state index is -0.311. The Morgan fingerprint density at radius 1 is 1.70 bits per heavy atom. The van der Waals surface area contributed by atoms with Crippen LogP contribution in [-0.4, -0.2) is 25.5 Å². The van der Waals surface area contributed by atoms with Gasteiger partial charge in [0.2, 0.25) is 0 Å². The zero-order valence-electron chi connectivity index (χ0n) is 6.22. The van der Waals surface area contributed by atoms with Crippen LogP contribution in [0.3, 0.4) is 0 Å². The Bertz CT molecular complexity index is 135. The zero-order chi connectivity index (χ0) is 7.61. The quantitative estimate of drug-likeness (QED) is 0.602. The van der Waals surface area contributed by atoms with Gasteiger partial charge in [0.15, 0.2) is 0 Å². The normalized spacial score (nSPS) is 21.8. The predicted octanol–water partition coefficient (Wildman–Crippen LogP) is -0.0592. The number of carbonyl (C=O) groups excluding carboxylic acids is 1. The minimum absolute atomic E-state index is 0.237. The predicted molar refractivity (Wildman–Crippen MR) is 37.6 cm³/mol. The maximum atomic E-state index is 11.2. The lowest BCUT2D eigenvalue weighted by Gasteiger charge is -2.38. The van der Waals surface area contributed by atoms with E-state index in [9.17, 15) is 4.79 Å². The standard InChI is InChI=1S/C7H13NO2/c1-2-6(9)7(3-8)4-10-5-7/h2-5,8H2,1H3. The molecule has 0 aromatic rings. The fourth-order valence-corrected chi connectivity index (χ4v) is 1.12. The van der Waals surface area contributed by atoms with Crippen LogP contribution in [0, 0.1) is 5.41 Å². The Balaban J connectivity index is 2.55. The van der Waals surface area contributed by atoms with Crippen LogP contribution >= 0.6 is 0 Å². The van der Waals surface area contributed by atoms with Crippen molar-refractivity contribution < 1.29 is 9.53 Å². The molecule has 1 aliphatic rings. The second-order valence-electron chi connectivity index (χ2n) is 2.75. The van der Waals surface area contributed by atoms with Gasteiger partial charge in [-0.1, -0.05) is 6.92 Å². The molecule has 58 valence electrons. The molecule has 0 spiro atoms. The molecular weight excluding hydrogens is 130 g/mol. The first-order valence-electron chi connectivity index (χ1n) is 3.56. The molecule has 0 bridgehead atoms. The summed E-state index contributed by atoms with van der Waals surface area (Å²) in [5.41, 5.74) is 5.13. The molecule has 3 nitrogen and oxygen atoms in total. The van der Waals surface area contributed by atoms with E-state index in [0.717, 1.165) is 0 Å². The number of nitrogens with two attached hydrogens (primary N) is 1. The van der Waals surface area contributed by atoms with Crippen molar-refractivity contribution in [3.8, 4) is 0 Å². The molecule has 1 fully saturated rings. The van der Waals surface area contributed by atoms with E-state index in [0.29, 0.717) is 26.2 Å². The van der Waals surface area contributed by atoms with Gasteiger partial charge in [-0.25, -0.2) is 0 Å². The van der Waals surface area contributed by atoms with Crippen molar-refractivity contribution in [2.45, 2.75) is 13.3 Å². The van der Waals surface area contributed by atoms with Gasteiger partial charge < -0.3 is 10.5 Å². The Labute approximate surface area is 60.5 Å². The van der Waals surface area contributed by atoms with Crippen LogP contribution < -0.4 is 5.73 Å². The highest BCUT2D eigenvalue weighted by molar-refractivity contribution is 5.85. The van der Waals surface area contributed by atoms with E-state index in [2.05, 4.69) is 0 Å². The van der Waals surface area contributed by atoms with Gasteiger partial charge in [-0.15, -0.1) is 0 Å². The molecule has 10 heavy (non-hydrogen) atoms. The topological polar surface area (TPSA) is 52.3 Å². The van der Waals surface area contributed by atoms with Crippen LogP contribution in [-0.2, 0) is 9.53 Å². The largest absolute Gasteiger partial charge is 0.379 e. The van der Waals surface area contributed by atoms with Crippen LogP contribution in [0.1, 0.15) is 13.3 Å². The van der Waals surface area contributed by atoms with Gasteiger partial charge in [0.25, 0.3) is 0 Å². The summed E-state index contributed by atoms with van der Waals surface area (Å²) in [4.78, 5) is 11.2. The van der Waals surface area contributed by atoms with E-state index in [1.807, 2.05) is 6.92 Å². The van der Waals surface area contributed by atoms with Gasteiger partial charge in [0, 0.05) is 13.0 Å². The van der Waals surface area contributed by atoms with Crippen LogP contribution in [0.25, 0.3) is 0 Å². The molecule has 1 aliphatic heterocycles. The number of carbonyl (C=O) groups is 1. The highest BCUT2D eigenvalue weighted by Crippen LogP contribution is 2.28. The van der Waals surface area contributed by atoms with Gasteiger partial charge in [-0.05, 0) is 0 Å². The summed E-state index contributed by atoms with van der Waals surface area (Å²) < 4.78 is 4.95. The average Bonchev–Trinajstić information content (AvgIpc) is 1.86. The molecule has 0 unspecified atom stereocenters. The molecule has 0 aromatic carbocycles. The van der Waals surface area contributed by atoms with Crippen molar-refractivity contribution in [1.82, 2.24) is 0 Å². The summed E-state index contributed by atoms with van der Waals surface area (Å²) in [6.45, 7) is 3.34. The Morgan fingerprint density at radius 3 is 2.40 bits per heavy atom. The molecule has 3 heteroatoms. The van der Waals surface area contributed by atoms with Crippen LogP contribution in [0.15, 0.2) is 0 Å². The Morgan fingerprint density at radius 2 is 2.30 bits per heavy atom. The van der Waals surface area contributed by atoms with E-state index in [1.54, 1.807) is 0 Å². The van der Waals surface area contributed by atoms with E-state index >= 15 is 0 Å². The lowest BCUT2D eigenvalue weighted by molar-refractivity contribution is -0.156. The van der Waals surface area contributed by atoms with Gasteiger partial charge in [0.05, 0.1) is 18.6 Å². The first kappa shape index (κ1) is 7.69. The van der Waals surface area contributed by atoms with Gasteiger partial charge in [0.1, 0.15) is 5.78 Å². The molecule has 0 aromatic heterocycles. The monoisotopic (exact) mass is 143 g/mol. The number of rotatable bonds is 3. The van der Waals surface area contributed by atoms with Crippen LogP contribution in [0.2, 0.25) is 0 Å². The summed E-state index contributed by atoms with van der Waals surface area (Å²) in [6.07, 6.45) is 0.570. The maximum Gasteiger partial charge on any atom is 0.144 e. The summed E-state index contributed by atoms with van der Waals surface area (Å²) in [7, 11) is 0. The number of hydrogen-bond donors (Lipinski definition) is 1. The lowest BCUT2D eigenvalue weighted by Crippen LogP contribution is -2.53. The summed E-state index contributed by atoms with van der Waals surface area (Å²) >= 11 is 0. The highest BCUT2D eigenvalue weighted by atomic mass is 16.5. The van der Waals surface area contributed by atoms with E-state index < -0.39 is 0 Å². The minimum Gasteiger partial charge on any atom is -0.379 e. The van der Waals surface area contributed by atoms with Crippen LogP contribution in [0.5, 0.6) is 0 Å². The third kappa shape index (κ3) is 0.954.